The molecule has 0 fully saturated rings. The van der Waals surface area contributed by atoms with Crippen LogP contribution in [0.3, 0.4) is 0 Å². The van der Waals surface area contributed by atoms with Crippen LogP contribution in [0.4, 0.5) is 8.78 Å². The summed E-state index contributed by atoms with van der Waals surface area (Å²) in [7, 11) is -4.46. The molecule has 0 atom stereocenters. The van der Waals surface area contributed by atoms with E-state index in [1.54, 1.807) is 12.1 Å². The van der Waals surface area contributed by atoms with Crippen molar-refractivity contribution in [1.29, 1.82) is 0 Å². The minimum atomic E-state index is -5.76. The van der Waals surface area contributed by atoms with Gasteiger partial charge in [-0.1, -0.05) is 0 Å². The molecule has 1 aromatic carbocycles. The molecule has 0 aliphatic heterocycles. The quantitative estimate of drug-likeness (QED) is 0.435. The van der Waals surface area contributed by atoms with Gasteiger partial charge in [0.05, 0.1) is 24.0 Å². The lowest BCUT2D eigenvalue weighted by molar-refractivity contribution is 0.0595. The number of rotatable bonds is 6. The number of nitrogens with zero attached hydrogens (tertiary/aromatic N) is 2. The van der Waals surface area contributed by atoms with Gasteiger partial charge in [0.15, 0.2) is 0 Å². The standard InChI is InChI=1S/C16H13BrF2N3O5PS/c1-27-11-6-8(15(23)20-7-9-3-2-4-21-22-9)5-10-12(17)14(29-13(10)11)16(18,19)28(24,25)26/h2-6H,7H2,1H3,(H,20,23)(H2,24,25,26). The van der Waals surface area contributed by atoms with Crippen LogP contribution in [0.2, 0.25) is 0 Å². The fourth-order valence-electron chi connectivity index (χ4n) is 2.45. The third-order valence-electron chi connectivity index (χ3n) is 3.87. The van der Waals surface area contributed by atoms with E-state index >= 15 is 0 Å². The molecular weight excluding hydrogens is 495 g/mol. The van der Waals surface area contributed by atoms with Gasteiger partial charge >= 0.3 is 13.3 Å². The SMILES string of the molecule is COc1cc(C(=O)NCc2cccnn2)cc2c(Br)c(C(F)(F)P(=O)(O)O)sc12. The lowest BCUT2D eigenvalue weighted by Crippen LogP contribution is -2.23. The molecule has 0 unspecified atom stereocenters. The van der Waals surface area contributed by atoms with Crippen LogP contribution in [-0.2, 0) is 16.8 Å². The van der Waals surface area contributed by atoms with Gasteiger partial charge in [0.25, 0.3) is 5.91 Å². The van der Waals surface area contributed by atoms with E-state index in [0.29, 0.717) is 17.0 Å². The van der Waals surface area contributed by atoms with Crippen LogP contribution in [0.1, 0.15) is 20.9 Å². The zero-order valence-electron chi connectivity index (χ0n) is 14.6. The summed E-state index contributed by atoms with van der Waals surface area (Å²) < 4.78 is 45.0. The second-order valence-electron chi connectivity index (χ2n) is 5.78. The van der Waals surface area contributed by atoms with E-state index in [1.165, 1.54) is 25.4 Å². The molecule has 3 N–H and O–H groups in total. The van der Waals surface area contributed by atoms with Gasteiger partial charge in [0.2, 0.25) is 0 Å². The van der Waals surface area contributed by atoms with Crippen LogP contribution in [0.5, 0.6) is 5.75 Å². The van der Waals surface area contributed by atoms with Crippen molar-refractivity contribution in [3.8, 4) is 5.75 Å². The van der Waals surface area contributed by atoms with Gasteiger partial charge in [-0.05, 0) is 40.2 Å². The fourth-order valence-corrected chi connectivity index (χ4v) is 5.45. The van der Waals surface area contributed by atoms with Crippen molar-refractivity contribution >= 4 is 50.9 Å². The predicted octanol–water partition coefficient (Wildman–Crippen LogP) is 3.62. The Morgan fingerprint density at radius 3 is 2.72 bits per heavy atom. The summed E-state index contributed by atoms with van der Waals surface area (Å²) in [5, 5.41) is 10.3. The average molecular weight is 508 g/mol. The van der Waals surface area contributed by atoms with Gasteiger partial charge in [0.1, 0.15) is 10.6 Å². The van der Waals surface area contributed by atoms with E-state index in [0.717, 1.165) is 0 Å². The number of methoxy groups -OCH3 is 1. The van der Waals surface area contributed by atoms with Crippen LogP contribution in [-0.4, -0.2) is 33.0 Å². The van der Waals surface area contributed by atoms with E-state index < -0.39 is 24.0 Å². The first kappa shape index (κ1) is 21.7. The molecule has 2 heterocycles. The maximum Gasteiger partial charge on any atom is 0.400 e. The van der Waals surface area contributed by atoms with Crippen molar-refractivity contribution < 1.29 is 32.7 Å². The largest absolute Gasteiger partial charge is 0.495 e. The molecule has 0 aliphatic rings. The molecule has 0 radical (unpaired) electrons. The summed E-state index contributed by atoms with van der Waals surface area (Å²) in [6.07, 6.45) is 1.49. The molecule has 3 rings (SSSR count). The minimum Gasteiger partial charge on any atom is -0.495 e. The van der Waals surface area contributed by atoms with Crippen LogP contribution in [0.25, 0.3) is 10.1 Å². The van der Waals surface area contributed by atoms with Gasteiger partial charge in [-0.25, -0.2) is 0 Å². The Bertz CT molecular complexity index is 1120. The molecule has 13 heteroatoms. The van der Waals surface area contributed by atoms with Crippen molar-refractivity contribution in [2.75, 3.05) is 7.11 Å². The van der Waals surface area contributed by atoms with E-state index in [9.17, 15) is 18.1 Å². The second kappa shape index (κ2) is 8.04. The predicted molar refractivity (Wildman–Crippen MR) is 105 cm³/mol. The van der Waals surface area contributed by atoms with Gasteiger partial charge in [-0.3, -0.25) is 9.36 Å². The van der Waals surface area contributed by atoms with Gasteiger partial charge in [0, 0.05) is 21.6 Å². The van der Waals surface area contributed by atoms with Crippen molar-refractivity contribution in [3.63, 3.8) is 0 Å². The maximum atomic E-state index is 14.2. The molecule has 0 saturated heterocycles. The third-order valence-corrected chi connectivity index (χ3v) is 7.36. The Kier molecular flexibility index (Phi) is 6.02. The molecule has 2 aromatic heterocycles. The molecule has 0 aliphatic carbocycles. The number of benzene rings is 1. The number of halogens is 3. The first-order chi connectivity index (χ1) is 13.6. The maximum absolute atomic E-state index is 14.2. The molecular formula is C16H13BrF2N3O5PS. The van der Waals surface area contributed by atoms with Crippen molar-refractivity contribution in [3.05, 3.63) is 51.1 Å². The van der Waals surface area contributed by atoms with Gasteiger partial charge < -0.3 is 19.8 Å². The van der Waals surface area contributed by atoms with Gasteiger partial charge in [-0.15, -0.1) is 11.3 Å². The Morgan fingerprint density at radius 1 is 1.41 bits per heavy atom. The normalized spacial score (nSPS) is 12.2. The van der Waals surface area contributed by atoms with Crippen LogP contribution in [0.15, 0.2) is 34.9 Å². The first-order valence-electron chi connectivity index (χ1n) is 7.85. The molecule has 8 nitrogen and oxygen atoms in total. The number of carbonyl (C=O) groups excluding carboxylic acids is 1. The highest BCUT2D eigenvalue weighted by Crippen LogP contribution is 2.63. The third kappa shape index (κ3) is 4.17. The lowest BCUT2D eigenvalue weighted by atomic mass is 10.1. The van der Waals surface area contributed by atoms with Crippen LogP contribution >= 0.6 is 34.9 Å². The Hall–Kier alpha value is -1.98. The van der Waals surface area contributed by atoms with Crippen molar-refractivity contribution in [1.82, 2.24) is 15.5 Å². The lowest BCUT2D eigenvalue weighted by Gasteiger charge is -2.16. The smallest absolute Gasteiger partial charge is 0.400 e. The number of amides is 1. The number of fused-ring (bicyclic) bond motifs is 1. The first-order valence-corrected chi connectivity index (χ1v) is 11.1. The zero-order chi connectivity index (χ0) is 21.4. The van der Waals surface area contributed by atoms with E-state index in [-0.39, 0.29) is 32.4 Å². The molecule has 0 spiro atoms. The summed E-state index contributed by atoms with van der Waals surface area (Å²) in [6, 6.07) is 6.03. The highest BCUT2D eigenvalue weighted by atomic mass is 79.9. The Labute approximate surface area is 175 Å². The molecule has 29 heavy (non-hydrogen) atoms. The summed E-state index contributed by atoms with van der Waals surface area (Å²) in [5.41, 5.74) is -3.76. The monoisotopic (exact) mass is 507 g/mol. The summed E-state index contributed by atoms with van der Waals surface area (Å²) in [4.78, 5) is 29.7. The fraction of sp³-hybridized carbons (Fsp3) is 0.188. The molecule has 154 valence electrons. The number of hydrogen-bond acceptors (Lipinski definition) is 6. The molecule has 1 amide bonds. The van der Waals surface area contributed by atoms with Crippen LogP contribution < -0.4 is 10.1 Å². The highest BCUT2D eigenvalue weighted by molar-refractivity contribution is 9.10. The van der Waals surface area contributed by atoms with E-state index in [2.05, 4.69) is 31.4 Å². The number of hydrogen-bond donors (Lipinski definition) is 3. The van der Waals surface area contributed by atoms with Crippen molar-refractivity contribution in [2.45, 2.75) is 12.2 Å². The second-order valence-corrected chi connectivity index (χ2v) is 9.25. The topological polar surface area (TPSA) is 122 Å². The highest BCUT2D eigenvalue weighted by Gasteiger charge is 2.53. The number of aromatic nitrogens is 2. The number of alkyl halides is 2. The molecule has 3 aromatic rings. The number of nitrogens with one attached hydrogen (secondary N) is 1. The average Bonchev–Trinajstić information content (AvgIpc) is 3.02. The summed E-state index contributed by atoms with van der Waals surface area (Å²) >= 11 is 3.46. The zero-order valence-corrected chi connectivity index (χ0v) is 17.9. The van der Waals surface area contributed by atoms with Crippen LogP contribution in [0, 0.1) is 0 Å². The number of thiophene rings is 1. The van der Waals surface area contributed by atoms with Gasteiger partial charge in [-0.2, -0.15) is 19.0 Å². The van der Waals surface area contributed by atoms with E-state index in [1.807, 2.05) is 0 Å². The summed E-state index contributed by atoms with van der Waals surface area (Å²) in [5.74, 6) is -0.400. The molecule has 0 bridgehead atoms. The Morgan fingerprint density at radius 2 is 2.14 bits per heavy atom. The van der Waals surface area contributed by atoms with E-state index in [4.69, 9.17) is 14.5 Å². The Balaban J connectivity index is 2.02. The summed E-state index contributed by atoms with van der Waals surface area (Å²) in [6.45, 7) is 0.0966. The van der Waals surface area contributed by atoms with Crippen molar-refractivity contribution in [2.24, 2.45) is 0 Å². The molecule has 0 saturated carbocycles. The number of ether oxygens (including phenoxy) is 1. The number of carbonyl (C=O) groups is 1. The minimum absolute atomic E-state index is 0.0966.